The molecule has 3 aromatic carbocycles. The minimum Gasteiger partial charge on any atom is -0.364 e. The third-order valence-corrected chi connectivity index (χ3v) is 8.65. The first-order chi connectivity index (χ1) is 19.5. The molecular formula is C29H29ClN6O4S. The lowest BCUT2D eigenvalue weighted by Crippen LogP contribution is -2.31. The maximum atomic E-state index is 12.9. The van der Waals surface area contributed by atoms with Crippen LogP contribution in [-0.2, 0) is 22.9 Å². The van der Waals surface area contributed by atoms with Gasteiger partial charge < -0.3 is 16.0 Å². The third kappa shape index (κ3) is 5.89. The van der Waals surface area contributed by atoms with Crippen LogP contribution in [0.1, 0.15) is 32.0 Å². The van der Waals surface area contributed by atoms with Crippen LogP contribution in [0.15, 0.2) is 71.6 Å². The molecule has 0 aliphatic heterocycles. The van der Waals surface area contributed by atoms with Crippen LogP contribution in [0.4, 0.5) is 5.69 Å². The van der Waals surface area contributed by atoms with E-state index in [1.165, 1.54) is 12.1 Å². The second-order valence-electron chi connectivity index (χ2n) is 9.95. The summed E-state index contributed by atoms with van der Waals surface area (Å²) in [7, 11) is 0.0241. The summed E-state index contributed by atoms with van der Waals surface area (Å²) in [6, 6.07) is 18.6. The molecule has 0 saturated carbocycles. The number of carbonyl (C=O) groups excluding carboxylic acids is 2. The number of aryl methyl sites for hydroxylation is 1. The molecule has 1 aromatic heterocycles. The number of fused-ring (bicyclic) bond motifs is 3. The number of primary amides is 1. The number of rotatable bonds is 9. The molecule has 1 heterocycles. The van der Waals surface area contributed by atoms with Crippen LogP contribution in [-0.4, -0.2) is 62.1 Å². The van der Waals surface area contributed by atoms with Crippen molar-refractivity contribution >= 4 is 39.1 Å². The van der Waals surface area contributed by atoms with Gasteiger partial charge in [-0.3, -0.25) is 9.59 Å². The maximum Gasteiger partial charge on any atom is 0.269 e. The molecule has 4 N–H and O–H groups in total. The first-order valence-electron chi connectivity index (χ1n) is 12.9. The summed E-state index contributed by atoms with van der Waals surface area (Å²) in [5.74, 6) is -1.01. The molecule has 0 bridgehead atoms. The number of halogens is 1. The smallest absolute Gasteiger partial charge is 0.269 e. The van der Waals surface area contributed by atoms with E-state index in [1.807, 2.05) is 37.2 Å². The zero-order valence-electron chi connectivity index (χ0n) is 22.5. The van der Waals surface area contributed by atoms with Crippen LogP contribution < -0.4 is 15.8 Å². The molecule has 41 heavy (non-hydrogen) atoms. The quantitative estimate of drug-likeness (QED) is 0.272. The van der Waals surface area contributed by atoms with Gasteiger partial charge in [0.15, 0.2) is 5.69 Å². The van der Waals surface area contributed by atoms with Crippen molar-refractivity contribution in [3.63, 3.8) is 0 Å². The second-order valence-corrected chi connectivity index (χ2v) is 12.1. The molecule has 0 fully saturated rings. The average molecular weight is 593 g/mol. The van der Waals surface area contributed by atoms with Gasteiger partial charge in [0.25, 0.3) is 11.8 Å². The predicted molar refractivity (Wildman–Crippen MR) is 158 cm³/mol. The summed E-state index contributed by atoms with van der Waals surface area (Å²) in [4.78, 5) is 27.3. The summed E-state index contributed by atoms with van der Waals surface area (Å²) in [6.45, 7) is 0.838. The number of likely N-dealkylation sites (N-methyl/N-ethyl adjacent to an activating group) is 1. The molecule has 0 atom stereocenters. The van der Waals surface area contributed by atoms with Crippen molar-refractivity contribution < 1.29 is 18.0 Å². The fourth-order valence-corrected chi connectivity index (χ4v) is 6.04. The highest BCUT2D eigenvalue weighted by Gasteiger charge is 2.29. The fourth-order valence-electron chi connectivity index (χ4n) is 4.80. The Morgan fingerprint density at radius 1 is 1.05 bits per heavy atom. The number of nitrogens with zero attached hydrogens (tertiary/aromatic N) is 3. The summed E-state index contributed by atoms with van der Waals surface area (Å²) in [6.07, 6.45) is 1.21. The molecule has 0 saturated heterocycles. The highest BCUT2D eigenvalue weighted by molar-refractivity contribution is 7.89. The van der Waals surface area contributed by atoms with Crippen molar-refractivity contribution in [1.82, 2.24) is 19.4 Å². The Labute approximate surface area is 243 Å². The zero-order chi connectivity index (χ0) is 29.3. The first kappa shape index (κ1) is 28.5. The summed E-state index contributed by atoms with van der Waals surface area (Å²) < 4.78 is 29.7. The molecule has 4 aromatic rings. The van der Waals surface area contributed by atoms with Crippen LogP contribution >= 0.6 is 11.6 Å². The number of nitrogens with two attached hydrogens (primary N) is 1. The van der Waals surface area contributed by atoms with E-state index in [-0.39, 0.29) is 23.0 Å². The first-order valence-corrected chi connectivity index (χ1v) is 14.8. The molecular weight excluding hydrogens is 564 g/mol. The van der Waals surface area contributed by atoms with E-state index in [0.717, 1.165) is 11.1 Å². The lowest BCUT2D eigenvalue weighted by molar-refractivity contribution is 0.0992. The number of carbonyl (C=O) groups is 2. The Bertz CT molecular complexity index is 1750. The van der Waals surface area contributed by atoms with Gasteiger partial charge in [0.1, 0.15) is 0 Å². The predicted octanol–water partition coefficient (Wildman–Crippen LogP) is 3.48. The third-order valence-electron chi connectivity index (χ3n) is 6.85. The highest BCUT2D eigenvalue weighted by atomic mass is 35.5. The number of sulfonamides is 1. The zero-order valence-corrected chi connectivity index (χ0v) is 24.1. The largest absolute Gasteiger partial charge is 0.364 e. The standard InChI is InChI=1S/C29H29ClN6O4S/c1-35(2)16-15-32-41(39,40)21-12-10-20(11-13-21)36-27-23(26(34-36)28(31)37)14-8-18-7-9-19(17-24(18)27)33-29(38)22-5-3-4-6-25(22)30/h3-7,9-13,17,32H,8,14-16H2,1-2H3,(H2,31,37)(H,33,38). The molecule has 0 radical (unpaired) electrons. The number of benzene rings is 3. The van der Waals surface area contributed by atoms with Crippen LogP contribution in [0, 0.1) is 0 Å². The number of hydrogen-bond donors (Lipinski definition) is 3. The highest BCUT2D eigenvalue weighted by Crippen LogP contribution is 2.38. The van der Waals surface area contributed by atoms with Gasteiger partial charge in [-0.25, -0.2) is 17.8 Å². The molecule has 2 amide bonds. The average Bonchev–Trinajstić information content (AvgIpc) is 3.34. The van der Waals surface area contributed by atoms with Crippen molar-refractivity contribution in [2.24, 2.45) is 5.73 Å². The van der Waals surface area contributed by atoms with Crippen LogP contribution in [0.2, 0.25) is 5.02 Å². The number of anilines is 1. The normalized spacial score (nSPS) is 12.6. The van der Waals surface area contributed by atoms with Gasteiger partial charge in [-0.2, -0.15) is 5.10 Å². The Morgan fingerprint density at radius 2 is 1.78 bits per heavy atom. The van der Waals surface area contributed by atoms with E-state index in [9.17, 15) is 18.0 Å². The van der Waals surface area contributed by atoms with E-state index >= 15 is 0 Å². The van der Waals surface area contributed by atoms with Gasteiger partial charge in [-0.15, -0.1) is 0 Å². The maximum absolute atomic E-state index is 12.9. The number of aromatic nitrogens is 2. The van der Waals surface area contributed by atoms with Gasteiger partial charge in [0.2, 0.25) is 10.0 Å². The van der Waals surface area contributed by atoms with Gasteiger partial charge in [0.05, 0.1) is 26.9 Å². The Kier molecular flexibility index (Phi) is 7.96. The molecule has 1 aliphatic rings. The van der Waals surface area contributed by atoms with Crippen LogP contribution in [0.5, 0.6) is 0 Å². The van der Waals surface area contributed by atoms with E-state index < -0.39 is 15.9 Å². The second kappa shape index (κ2) is 11.5. The summed E-state index contributed by atoms with van der Waals surface area (Å²) in [5, 5.41) is 7.77. The van der Waals surface area contributed by atoms with Gasteiger partial charge in [0, 0.05) is 29.9 Å². The SMILES string of the molecule is CN(C)CCNS(=O)(=O)c1ccc(-n2nc(C(N)=O)c3c2-c2cc(NC(=O)c4ccccc4Cl)ccc2CC3)cc1. The Balaban J connectivity index is 1.51. The van der Waals surface area contributed by atoms with Crippen molar-refractivity contribution in [1.29, 1.82) is 0 Å². The minimum absolute atomic E-state index is 0.112. The molecule has 5 rings (SSSR count). The van der Waals surface area contributed by atoms with Gasteiger partial charge >= 0.3 is 0 Å². The Morgan fingerprint density at radius 3 is 2.46 bits per heavy atom. The Hall–Kier alpha value is -4.03. The van der Waals surface area contributed by atoms with Crippen LogP contribution in [0.25, 0.3) is 16.9 Å². The van der Waals surface area contributed by atoms with E-state index in [0.29, 0.717) is 52.6 Å². The van der Waals surface area contributed by atoms with E-state index in [4.69, 9.17) is 17.3 Å². The number of hydrogen-bond acceptors (Lipinski definition) is 6. The van der Waals surface area contributed by atoms with Gasteiger partial charge in [-0.05, 0) is 81.0 Å². The molecule has 212 valence electrons. The molecule has 12 heteroatoms. The molecule has 0 unspecified atom stereocenters. The lowest BCUT2D eigenvalue weighted by Gasteiger charge is -2.20. The van der Waals surface area contributed by atoms with Crippen LogP contribution in [0.3, 0.4) is 0 Å². The topological polar surface area (TPSA) is 139 Å². The minimum atomic E-state index is -3.70. The van der Waals surface area contributed by atoms with Gasteiger partial charge in [-0.1, -0.05) is 29.8 Å². The summed E-state index contributed by atoms with van der Waals surface area (Å²) in [5.41, 5.74) is 10.4. The lowest BCUT2D eigenvalue weighted by atomic mass is 9.88. The van der Waals surface area contributed by atoms with E-state index in [2.05, 4.69) is 15.1 Å². The number of amides is 2. The molecule has 10 nitrogen and oxygen atoms in total. The van der Waals surface area contributed by atoms with Crippen molar-refractivity contribution in [2.75, 3.05) is 32.5 Å². The van der Waals surface area contributed by atoms with Crippen molar-refractivity contribution in [2.45, 2.75) is 17.7 Å². The van der Waals surface area contributed by atoms with E-state index in [1.54, 1.807) is 41.1 Å². The summed E-state index contributed by atoms with van der Waals surface area (Å²) >= 11 is 6.21. The molecule has 1 aliphatic carbocycles. The fraction of sp³-hybridized carbons (Fsp3) is 0.207. The van der Waals surface area contributed by atoms with Crippen molar-refractivity contribution in [3.05, 3.63) is 94.1 Å². The molecule has 0 spiro atoms. The monoisotopic (exact) mass is 592 g/mol. The van der Waals surface area contributed by atoms with Crippen molar-refractivity contribution in [3.8, 4) is 16.9 Å². The number of nitrogens with one attached hydrogen (secondary N) is 2.